The molecule has 1 aliphatic heterocycles. The molecule has 0 saturated heterocycles. The van der Waals surface area contributed by atoms with Crippen molar-refractivity contribution in [1.29, 1.82) is 0 Å². The number of esters is 1. The minimum atomic E-state index is -0.460. The SMILES string of the molecule is COC(=O)c1c(C)[nH]c(C(=O)N[C@@H](c2ccc3c(c2)OCCCO3)C(C)C)c1C. The van der Waals surface area contributed by atoms with E-state index < -0.39 is 5.97 Å². The predicted octanol–water partition coefficient (Wildman–Crippen LogP) is 3.71. The van der Waals surface area contributed by atoms with Crippen LogP contribution in [0.4, 0.5) is 0 Å². The van der Waals surface area contributed by atoms with E-state index in [9.17, 15) is 9.59 Å². The van der Waals surface area contributed by atoms with Crippen molar-refractivity contribution in [2.75, 3.05) is 20.3 Å². The molecule has 0 bridgehead atoms. The van der Waals surface area contributed by atoms with Gasteiger partial charge in [0, 0.05) is 12.1 Å². The lowest BCUT2D eigenvalue weighted by molar-refractivity contribution is 0.0599. The van der Waals surface area contributed by atoms with Crippen molar-refractivity contribution < 1.29 is 23.8 Å². The molecule has 1 atom stereocenters. The Morgan fingerprint density at radius 1 is 1.14 bits per heavy atom. The maximum Gasteiger partial charge on any atom is 0.339 e. The van der Waals surface area contributed by atoms with E-state index in [2.05, 4.69) is 10.3 Å². The second-order valence-electron chi connectivity index (χ2n) is 7.57. The van der Waals surface area contributed by atoms with Crippen LogP contribution in [0.3, 0.4) is 0 Å². The number of fused-ring (bicyclic) bond motifs is 1. The number of nitrogens with one attached hydrogen (secondary N) is 2. The van der Waals surface area contributed by atoms with Crippen LogP contribution in [0.25, 0.3) is 0 Å². The first-order chi connectivity index (χ1) is 13.8. The quantitative estimate of drug-likeness (QED) is 0.747. The Hall–Kier alpha value is -2.96. The predicted molar refractivity (Wildman–Crippen MR) is 109 cm³/mol. The lowest BCUT2D eigenvalue weighted by atomic mass is 9.95. The minimum absolute atomic E-state index is 0.139. The number of amides is 1. The average Bonchev–Trinajstić information content (AvgIpc) is 2.85. The van der Waals surface area contributed by atoms with Crippen molar-refractivity contribution in [3.05, 3.63) is 46.3 Å². The fourth-order valence-electron chi connectivity index (χ4n) is 3.61. The molecular formula is C22H28N2O5. The Bertz CT molecular complexity index is 916. The van der Waals surface area contributed by atoms with Crippen molar-refractivity contribution in [2.45, 2.75) is 40.2 Å². The van der Waals surface area contributed by atoms with Gasteiger partial charge in [0.25, 0.3) is 5.91 Å². The van der Waals surface area contributed by atoms with Crippen LogP contribution in [0.15, 0.2) is 18.2 Å². The molecule has 2 heterocycles. The summed E-state index contributed by atoms with van der Waals surface area (Å²) in [5, 5.41) is 3.09. The monoisotopic (exact) mass is 400 g/mol. The first-order valence-corrected chi connectivity index (χ1v) is 9.81. The zero-order chi connectivity index (χ0) is 21.1. The summed E-state index contributed by atoms with van der Waals surface area (Å²) >= 11 is 0. The summed E-state index contributed by atoms with van der Waals surface area (Å²) in [5.41, 5.74) is 2.88. The van der Waals surface area contributed by atoms with E-state index >= 15 is 0 Å². The fourth-order valence-corrected chi connectivity index (χ4v) is 3.61. The third-order valence-electron chi connectivity index (χ3n) is 5.14. The summed E-state index contributed by atoms with van der Waals surface area (Å²) in [6.45, 7) is 8.81. The highest BCUT2D eigenvalue weighted by Crippen LogP contribution is 2.34. The van der Waals surface area contributed by atoms with Gasteiger partial charge in [-0.25, -0.2) is 4.79 Å². The van der Waals surface area contributed by atoms with E-state index in [4.69, 9.17) is 14.2 Å². The highest BCUT2D eigenvalue weighted by atomic mass is 16.5. The number of methoxy groups -OCH3 is 1. The number of rotatable bonds is 5. The van der Waals surface area contributed by atoms with Gasteiger partial charge in [0.1, 0.15) is 5.69 Å². The smallest absolute Gasteiger partial charge is 0.339 e. The van der Waals surface area contributed by atoms with E-state index in [0.717, 1.165) is 17.7 Å². The number of benzene rings is 1. The highest BCUT2D eigenvalue weighted by molar-refractivity contribution is 6.00. The molecule has 1 aromatic heterocycles. The normalized spacial score (nSPS) is 14.3. The van der Waals surface area contributed by atoms with Gasteiger partial charge in [0.05, 0.1) is 31.9 Å². The van der Waals surface area contributed by atoms with Gasteiger partial charge in [0.15, 0.2) is 11.5 Å². The number of aromatic nitrogens is 1. The molecule has 7 nitrogen and oxygen atoms in total. The van der Waals surface area contributed by atoms with Gasteiger partial charge in [-0.2, -0.15) is 0 Å². The number of aryl methyl sites for hydroxylation is 1. The Kier molecular flexibility index (Phi) is 6.15. The zero-order valence-corrected chi connectivity index (χ0v) is 17.5. The van der Waals surface area contributed by atoms with Crippen molar-refractivity contribution in [2.24, 2.45) is 5.92 Å². The summed E-state index contributed by atoms with van der Waals surface area (Å²) in [6, 6.07) is 5.53. The van der Waals surface area contributed by atoms with Crippen molar-refractivity contribution in [1.82, 2.24) is 10.3 Å². The van der Waals surface area contributed by atoms with E-state index in [-0.39, 0.29) is 17.9 Å². The minimum Gasteiger partial charge on any atom is -0.490 e. The van der Waals surface area contributed by atoms with Gasteiger partial charge < -0.3 is 24.5 Å². The van der Waals surface area contributed by atoms with Crippen LogP contribution in [0, 0.1) is 19.8 Å². The molecule has 2 aromatic rings. The number of hydrogen-bond donors (Lipinski definition) is 2. The topological polar surface area (TPSA) is 89.7 Å². The molecule has 0 radical (unpaired) electrons. The first-order valence-electron chi connectivity index (χ1n) is 9.81. The molecule has 1 amide bonds. The zero-order valence-electron chi connectivity index (χ0n) is 17.5. The van der Waals surface area contributed by atoms with Gasteiger partial charge in [-0.3, -0.25) is 4.79 Å². The molecule has 7 heteroatoms. The summed E-state index contributed by atoms with van der Waals surface area (Å²) < 4.78 is 16.3. The molecule has 0 unspecified atom stereocenters. The summed E-state index contributed by atoms with van der Waals surface area (Å²) in [7, 11) is 1.33. The Balaban J connectivity index is 1.88. The largest absolute Gasteiger partial charge is 0.490 e. The van der Waals surface area contributed by atoms with E-state index in [0.29, 0.717) is 41.5 Å². The van der Waals surface area contributed by atoms with Gasteiger partial charge in [-0.1, -0.05) is 19.9 Å². The van der Waals surface area contributed by atoms with Gasteiger partial charge in [-0.15, -0.1) is 0 Å². The third kappa shape index (κ3) is 4.23. The van der Waals surface area contributed by atoms with Crippen molar-refractivity contribution >= 4 is 11.9 Å². The lowest BCUT2D eigenvalue weighted by Gasteiger charge is -2.24. The molecule has 0 spiro atoms. The van der Waals surface area contributed by atoms with Crippen LogP contribution in [0.1, 0.15) is 64.0 Å². The molecule has 0 fully saturated rings. The second kappa shape index (κ2) is 8.59. The molecule has 156 valence electrons. The number of H-pyrrole nitrogens is 1. The van der Waals surface area contributed by atoms with Crippen LogP contribution in [-0.4, -0.2) is 37.2 Å². The van der Waals surface area contributed by atoms with Crippen LogP contribution >= 0.6 is 0 Å². The Labute approximate surface area is 170 Å². The molecule has 1 aliphatic rings. The number of ether oxygens (including phenoxy) is 3. The van der Waals surface area contributed by atoms with Crippen molar-refractivity contribution in [3.63, 3.8) is 0 Å². The number of aromatic amines is 1. The number of carbonyl (C=O) groups excluding carboxylic acids is 2. The van der Waals surface area contributed by atoms with Crippen LogP contribution in [0.5, 0.6) is 11.5 Å². The lowest BCUT2D eigenvalue weighted by Crippen LogP contribution is -2.32. The van der Waals surface area contributed by atoms with Crippen LogP contribution in [-0.2, 0) is 4.74 Å². The molecule has 29 heavy (non-hydrogen) atoms. The summed E-state index contributed by atoms with van der Waals surface area (Å²) in [5.74, 6) is 0.823. The summed E-state index contributed by atoms with van der Waals surface area (Å²) in [4.78, 5) is 28.1. The summed E-state index contributed by atoms with van der Waals surface area (Å²) in [6.07, 6.45) is 0.836. The first kappa shape index (κ1) is 20.8. The molecule has 0 saturated carbocycles. The van der Waals surface area contributed by atoms with Crippen LogP contribution < -0.4 is 14.8 Å². The van der Waals surface area contributed by atoms with Gasteiger partial charge in [-0.05, 0) is 43.0 Å². The standard InChI is InChI=1S/C22H28N2O5/c1-12(2)19(15-7-8-16-17(11-15)29-10-6-9-28-16)24-21(25)20-13(3)18(14(4)23-20)22(26)27-5/h7-8,11-12,19,23H,6,9-10H2,1-5H3,(H,24,25)/t19-/m1/s1. The fraction of sp³-hybridized carbons (Fsp3) is 0.455. The van der Waals surface area contributed by atoms with Crippen molar-refractivity contribution in [3.8, 4) is 11.5 Å². The van der Waals surface area contributed by atoms with Gasteiger partial charge >= 0.3 is 5.97 Å². The molecule has 2 N–H and O–H groups in total. The average molecular weight is 400 g/mol. The molecule has 0 aliphatic carbocycles. The van der Waals surface area contributed by atoms with E-state index in [1.165, 1.54) is 7.11 Å². The number of carbonyl (C=O) groups is 2. The van der Waals surface area contributed by atoms with Crippen LogP contribution in [0.2, 0.25) is 0 Å². The third-order valence-corrected chi connectivity index (χ3v) is 5.14. The second-order valence-corrected chi connectivity index (χ2v) is 7.57. The maximum atomic E-state index is 13.0. The van der Waals surface area contributed by atoms with E-state index in [1.807, 2.05) is 32.0 Å². The maximum absolute atomic E-state index is 13.0. The highest BCUT2D eigenvalue weighted by Gasteiger charge is 2.26. The van der Waals surface area contributed by atoms with Gasteiger partial charge in [0.2, 0.25) is 0 Å². The Morgan fingerprint density at radius 3 is 2.48 bits per heavy atom. The van der Waals surface area contributed by atoms with E-state index in [1.54, 1.807) is 13.8 Å². The molecule has 3 rings (SSSR count). The molecular weight excluding hydrogens is 372 g/mol. The Morgan fingerprint density at radius 2 is 1.83 bits per heavy atom. The molecule has 1 aromatic carbocycles. The number of hydrogen-bond acceptors (Lipinski definition) is 5.